The van der Waals surface area contributed by atoms with Crippen molar-refractivity contribution in [2.75, 3.05) is 13.2 Å². The van der Waals surface area contributed by atoms with Gasteiger partial charge in [-0.25, -0.2) is 9.59 Å². The third-order valence-electron chi connectivity index (χ3n) is 2.65. The molecule has 0 aliphatic heterocycles. The van der Waals surface area contributed by atoms with Gasteiger partial charge in [-0.2, -0.15) is 0 Å². The van der Waals surface area contributed by atoms with E-state index in [0.29, 0.717) is 24.4 Å². The van der Waals surface area contributed by atoms with Crippen molar-refractivity contribution in [1.29, 1.82) is 0 Å². The van der Waals surface area contributed by atoms with Gasteiger partial charge in [-0.15, -0.1) is 0 Å². The molecule has 0 amide bonds. The second kappa shape index (κ2) is 5.04. The molecule has 0 atom stereocenters. The van der Waals surface area contributed by atoms with Crippen molar-refractivity contribution in [1.82, 2.24) is 0 Å². The highest BCUT2D eigenvalue weighted by Crippen LogP contribution is 2.33. The second-order valence-electron chi connectivity index (χ2n) is 3.80. The molecule has 0 aromatic heterocycles. The Hall–Kier alpha value is -2.10. The molecule has 0 aromatic carbocycles. The van der Waals surface area contributed by atoms with E-state index >= 15 is 0 Å². The van der Waals surface area contributed by atoms with Crippen molar-refractivity contribution < 1.29 is 19.1 Å². The van der Waals surface area contributed by atoms with E-state index in [4.69, 9.17) is 9.47 Å². The Kier molecular flexibility index (Phi) is 3.46. The molecule has 0 spiro atoms. The number of hydrogen-bond donors (Lipinski definition) is 0. The number of rotatable bonds is 4. The summed E-state index contributed by atoms with van der Waals surface area (Å²) in [5.74, 6) is -0.739. The minimum absolute atomic E-state index is 0.330. The lowest BCUT2D eigenvalue weighted by molar-refractivity contribution is -0.139. The Morgan fingerprint density at radius 2 is 1.67 bits per heavy atom. The zero-order chi connectivity index (χ0) is 13.1. The van der Waals surface area contributed by atoms with E-state index in [1.807, 2.05) is 0 Å². The van der Waals surface area contributed by atoms with Crippen LogP contribution in [0.1, 0.15) is 13.8 Å². The van der Waals surface area contributed by atoms with Gasteiger partial charge in [0.15, 0.2) is 0 Å². The molecular weight excluding hydrogens is 232 g/mol. The normalized spacial score (nSPS) is 16.3. The van der Waals surface area contributed by atoms with Crippen LogP contribution in [0.2, 0.25) is 0 Å². The van der Waals surface area contributed by atoms with Gasteiger partial charge in [0.05, 0.1) is 24.4 Å². The highest BCUT2D eigenvalue weighted by atomic mass is 16.5. The van der Waals surface area contributed by atoms with E-state index in [0.717, 1.165) is 11.1 Å². The first-order valence-electron chi connectivity index (χ1n) is 5.87. The molecule has 0 heterocycles. The van der Waals surface area contributed by atoms with E-state index in [1.165, 1.54) is 0 Å². The summed E-state index contributed by atoms with van der Waals surface area (Å²) in [6.45, 7) is 4.17. The fourth-order valence-corrected chi connectivity index (χ4v) is 1.88. The summed E-state index contributed by atoms with van der Waals surface area (Å²) in [7, 11) is 0. The van der Waals surface area contributed by atoms with E-state index in [9.17, 15) is 9.59 Å². The Morgan fingerprint density at radius 1 is 1.00 bits per heavy atom. The first-order valence-corrected chi connectivity index (χ1v) is 5.87. The number of ether oxygens (including phenoxy) is 2. The van der Waals surface area contributed by atoms with Gasteiger partial charge >= 0.3 is 11.9 Å². The lowest BCUT2D eigenvalue weighted by atomic mass is 10.1. The molecule has 0 bridgehead atoms. The summed E-state index contributed by atoms with van der Waals surface area (Å²) in [6.07, 6.45) is 6.89. The number of fused-ring (bicyclic) bond motifs is 1. The number of carbonyl (C=O) groups excluding carboxylic acids is 2. The molecular formula is C14H14O4. The average molecular weight is 246 g/mol. The minimum Gasteiger partial charge on any atom is -0.462 e. The van der Waals surface area contributed by atoms with E-state index in [2.05, 4.69) is 0 Å². The quantitative estimate of drug-likeness (QED) is 0.710. The SMILES string of the molecule is CCOC(=O)C1=CC2=C(C(=O)OCC)C=CC2=C1. The standard InChI is InChI=1S/C14H14O4/c1-3-17-13(15)10-7-9-5-6-11(12(9)8-10)14(16)18-4-2/h5-8H,3-4H2,1-2H3. The van der Waals surface area contributed by atoms with Crippen LogP contribution in [0, 0.1) is 0 Å². The van der Waals surface area contributed by atoms with Crippen LogP contribution < -0.4 is 0 Å². The second-order valence-corrected chi connectivity index (χ2v) is 3.80. The molecule has 0 radical (unpaired) electrons. The topological polar surface area (TPSA) is 52.6 Å². The molecule has 0 aromatic rings. The molecule has 18 heavy (non-hydrogen) atoms. The van der Waals surface area contributed by atoms with Crippen molar-refractivity contribution in [2.24, 2.45) is 0 Å². The number of allylic oxidation sites excluding steroid dienone is 4. The molecule has 2 aliphatic carbocycles. The van der Waals surface area contributed by atoms with Crippen molar-refractivity contribution in [3.8, 4) is 0 Å². The molecule has 94 valence electrons. The lowest BCUT2D eigenvalue weighted by Crippen LogP contribution is -2.07. The molecule has 0 unspecified atom stereocenters. The summed E-state index contributed by atoms with van der Waals surface area (Å²) >= 11 is 0. The van der Waals surface area contributed by atoms with Crippen LogP contribution in [-0.4, -0.2) is 25.2 Å². The van der Waals surface area contributed by atoms with Crippen LogP contribution in [0.5, 0.6) is 0 Å². The van der Waals surface area contributed by atoms with Crippen molar-refractivity contribution in [3.05, 3.63) is 46.6 Å². The smallest absolute Gasteiger partial charge is 0.338 e. The first kappa shape index (κ1) is 12.4. The van der Waals surface area contributed by atoms with E-state index < -0.39 is 0 Å². The minimum atomic E-state index is -0.372. The van der Waals surface area contributed by atoms with Gasteiger partial charge in [-0.1, -0.05) is 6.08 Å². The molecule has 0 saturated heterocycles. The molecule has 2 aliphatic rings. The fourth-order valence-electron chi connectivity index (χ4n) is 1.88. The van der Waals surface area contributed by atoms with E-state index in [1.54, 1.807) is 38.2 Å². The third-order valence-corrected chi connectivity index (χ3v) is 2.65. The predicted molar refractivity (Wildman–Crippen MR) is 65.6 cm³/mol. The van der Waals surface area contributed by atoms with Crippen LogP contribution in [0.4, 0.5) is 0 Å². The maximum atomic E-state index is 11.7. The number of carbonyl (C=O) groups is 2. The summed E-state index contributed by atoms with van der Waals surface area (Å²) in [4.78, 5) is 23.3. The van der Waals surface area contributed by atoms with Gasteiger partial charge in [0, 0.05) is 0 Å². The summed E-state index contributed by atoms with van der Waals surface area (Å²) in [5, 5.41) is 0. The highest BCUT2D eigenvalue weighted by molar-refractivity contribution is 6.01. The Morgan fingerprint density at radius 3 is 2.33 bits per heavy atom. The fraction of sp³-hybridized carbons (Fsp3) is 0.286. The monoisotopic (exact) mass is 246 g/mol. The van der Waals surface area contributed by atoms with Crippen LogP contribution in [0.15, 0.2) is 46.6 Å². The lowest BCUT2D eigenvalue weighted by Gasteiger charge is -2.02. The average Bonchev–Trinajstić information content (AvgIpc) is 2.88. The number of esters is 2. The summed E-state index contributed by atoms with van der Waals surface area (Å²) < 4.78 is 9.88. The zero-order valence-corrected chi connectivity index (χ0v) is 10.4. The van der Waals surface area contributed by atoms with Crippen molar-refractivity contribution in [2.45, 2.75) is 13.8 Å². The van der Waals surface area contributed by atoms with Gasteiger partial charge in [-0.05, 0) is 43.2 Å². The van der Waals surface area contributed by atoms with Crippen LogP contribution >= 0.6 is 0 Å². The van der Waals surface area contributed by atoms with Crippen molar-refractivity contribution in [3.63, 3.8) is 0 Å². The van der Waals surface area contributed by atoms with Crippen LogP contribution in [-0.2, 0) is 19.1 Å². The van der Waals surface area contributed by atoms with Crippen LogP contribution in [0.25, 0.3) is 0 Å². The molecule has 0 fully saturated rings. The Labute approximate surface area is 105 Å². The summed E-state index contributed by atoms with van der Waals surface area (Å²) in [6, 6.07) is 0. The van der Waals surface area contributed by atoms with Gasteiger partial charge in [-0.3, -0.25) is 0 Å². The molecule has 2 rings (SSSR count). The maximum absolute atomic E-state index is 11.7. The Balaban J connectivity index is 2.26. The number of hydrogen-bond acceptors (Lipinski definition) is 4. The van der Waals surface area contributed by atoms with E-state index in [-0.39, 0.29) is 11.9 Å². The van der Waals surface area contributed by atoms with Gasteiger partial charge < -0.3 is 9.47 Å². The van der Waals surface area contributed by atoms with Crippen molar-refractivity contribution >= 4 is 11.9 Å². The third kappa shape index (κ3) is 2.14. The Bertz CT molecular complexity index is 518. The largest absolute Gasteiger partial charge is 0.462 e. The highest BCUT2D eigenvalue weighted by Gasteiger charge is 2.26. The first-order chi connectivity index (χ1) is 8.67. The predicted octanol–water partition coefficient (Wildman–Crippen LogP) is 1.85. The molecule has 4 heteroatoms. The molecule has 4 nitrogen and oxygen atoms in total. The van der Waals surface area contributed by atoms with Gasteiger partial charge in [0.25, 0.3) is 0 Å². The van der Waals surface area contributed by atoms with Gasteiger partial charge in [0.1, 0.15) is 0 Å². The molecule has 0 N–H and O–H groups in total. The maximum Gasteiger partial charge on any atom is 0.338 e. The zero-order valence-electron chi connectivity index (χ0n) is 10.4. The summed E-state index contributed by atoms with van der Waals surface area (Å²) in [5.41, 5.74) is 2.54. The van der Waals surface area contributed by atoms with Gasteiger partial charge in [0.2, 0.25) is 0 Å². The molecule has 0 saturated carbocycles. The van der Waals surface area contributed by atoms with Crippen LogP contribution in [0.3, 0.4) is 0 Å².